The standard InChI is InChI=1S/C18H25N3O4/c22-16(23)8-3-1-2-4-11-19-17(24)13-6-5-7-15(12-13)21-18(25)20-14-9-10-14/h5-7,12,14H,1-4,8-11H2,(H,19,24)(H,22,23)(H2,20,21,25). The van der Waals surface area contributed by atoms with E-state index in [1.807, 2.05) is 0 Å². The summed E-state index contributed by atoms with van der Waals surface area (Å²) in [5.41, 5.74) is 1.08. The third-order valence-electron chi connectivity index (χ3n) is 3.90. The van der Waals surface area contributed by atoms with Gasteiger partial charge in [-0.25, -0.2) is 4.79 Å². The van der Waals surface area contributed by atoms with Gasteiger partial charge in [-0.1, -0.05) is 18.9 Å². The maximum absolute atomic E-state index is 12.1. The van der Waals surface area contributed by atoms with Gasteiger partial charge in [0.05, 0.1) is 0 Å². The number of hydrogen-bond donors (Lipinski definition) is 4. The number of unbranched alkanes of at least 4 members (excludes halogenated alkanes) is 3. The molecule has 0 spiro atoms. The number of nitrogens with one attached hydrogen (secondary N) is 3. The Morgan fingerprint density at radius 3 is 2.56 bits per heavy atom. The van der Waals surface area contributed by atoms with Gasteiger partial charge in [0.25, 0.3) is 5.91 Å². The molecule has 1 aliphatic carbocycles. The van der Waals surface area contributed by atoms with Crippen LogP contribution in [0, 0.1) is 0 Å². The molecular weight excluding hydrogens is 322 g/mol. The van der Waals surface area contributed by atoms with E-state index in [-0.39, 0.29) is 24.4 Å². The molecule has 1 aromatic carbocycles. The Morgan fingerprint density at radius 1 is 1.08 bits per heavy atom. The maximum Gasteiger partial charge on any atom is 0.319 e. The van der Waals surface area contributed by atoms with E-state index in [2.05, 4.69) is 16.0 Å². The van der Waals surface area contributed by atoms with Crippen LogP contribution in [0.5, 0.6) is 0 Å². The molecule has 7 heteroatoms. The summed E-state index contributed by atoms with van der Waals surface area (Å²) in [5.74, 6) is -0.954. The highest BCUT2D eigenvalue weighted by Gasteiger charge is 2.23. The van der Waals surface area contributed by atoms with Crippen molar-refractivity contribution in [1.29, 1.82) is 0 Å². The van der Waals surface area contributed by atoms with Crippen molar-refractivity contribution in [1.82, 2.24) is 10.6 Å². The smallest absolute Gasteiger partial charge is 0.319 e. The fourth-order valence-electron chi connectivity index (χ4n) is 2.38. The number of benzene rings is 1. The first kappa shape index (κ1) is 18.8. The summed E-state index contributed by atoms with van der Waals surface area (Å²) in [7, 11) is 0. The highest BCUT2D eigenvalue weighted by molar-refractivity contribution is 5.96. The average Bonchev–Trinajstić information content (AvgIpc) is 3.37. The lowest BCUT2D eigenvalue weighted by molar-refractivity contribution is -0.137. The number of rotatable bonds is 10. The number of anilines is 1. The molecule has 25 heavy (non-hydrogen) atoms. The summed E-state index contributed by atoms with van der Waals surface area (Å²) >= 11 is 0. The van der Waals surface area contributed by atoms with Crippen molar-refractivity contribution < 1.29 is 19.5 Å². The molecule has 1 aliphatic rings. The van der Waals surface area contributed by atoms with Crippen LogP contribution in [0.3, 0.4) is 0 Å². The molecule has 2 rings (SSSR count). The summed E-state index contributed by atoms with van der Waals surface area (Å²) < 4.78 is 0. The third-order valence-corrected chi connectivity index (χ3v) is 3.90. The number of aliphatic carboxylic acids is 1. The second-order valence-corrected chi connectivity index (χ2v) is 6.27. The van der Waals surface area contributed by atoms with Crippen LogP contribution in [0.4, 0.5) is 10.5 Å². The van der Waals surface area contributed by atoms with E-state index < -0.39 is 5.97 Å². The van der Waals surface area contributed by atoms with E-state index in [1.165, 1.54) is 0 Å². The zero-order valence-corrected chi connectivity index (χ0v) is 14.2. The van der Waals surface area contributed by atoms with Crippen LogP contribution >= 0.6 is 0 Å². The van der Waals surface area contributed by atoms with E-state index in [9.17, 15) is 14.4 Å². The van der Waals surface area contributed by atoms with Crippen molar-refractivity contribution in [2.45, 2.75) is 51.0 Å². The van der Waals surface area contributed by atoms with Crippen molar-refractivity contribution in [2.24, 2.45) is 0 Å². The van der Waals surface area contributed by atoms with Gasteiger partial charge < -0.3 is 21.1 Å². The number of carboxylic acid groups (broad SMARTS) is 1. The molecule has 0 radical (unpaired) electrons. The van der Waals surface area contributed by atoms with Crippen LogP contribution in [0.15, 0.2) is 24.3 Å². The minimum absolute atomic E-state index is 0.184. The summed E-state index contributed by atoms with van der Waals surface area (Å²) in [6, 6.07) is 6.85. The van der Waals surface area contributed by atoms with Crippen LogP contribution in [0.25, 0.3) is 0 Å². The maximum atomic E-state index is 12.1. The molecule has 0 saturated heterocycles. The first-order valence-corrected chi connectivity index (χ1v) is 8.72. The van der Waals surface area contributed by atoms with Crippen LogP contribution in [0.2, 0.25) is 0 Å². The van der Waals surface area contributed by atoms with Crippen molar-refractivity contribution in [3.05, 3.63) is 29.8 Å². The lowest BCUT2D eigenvalue weighted by Gasteiger charge is -2.09. The molecule has 7 nitrogen and oxygen atoms in total. The predicted octanol–water partition coefficient (Wildman–Crippen LogP) is 2.74. The van der Waals surface area contributed by atoms with E-state index in [0.29, 0.717) is 24.2 Å². The zero-order valence-electron chi connectivity index (χ0n) is 14.2. The second kappa shape index (κ2) is 9.66. The van der Waals surface area contributed by atoms with E-state index in [1.54, 1.807) is 24.3 Å². The summed E-state index contributed by atoms with van der Waals surface area (Å²) in [5, 5.41) is 16.9. The Kier molecular flexibility index (Phi) is 7.25. The summed E-state index contributed by atoms with van der Waals surface area (Å²) in [6.07, 6.45) is 5.44. The van der Waals surface area contributed by atoms with Gasteiger partial charge in [0.1, 0.15) is 0 Å². The molecular formula is C18H25N3O4. The summed E-state index contributed by atoms with van der Waals surface area (Å²) in [4.78, 5) is 34.3. The molecule has 0 aromatic heterocycles. The largest absolute Gasteiger partial charge is 0.481 e. The van der Waals surface area contributed by atoms with Gasteiger partial charge in [0.2, 0.25) is 0 Å². The Morgan fingerprint density at radius 2 is 1.84 bits per heavy atom. The number of amides is 3. The van der Waals surface area contributed by atoms with Crippen molar-refractivity contribution >= 4 is 23.6 Å². The fraction of sp³-hybridized carbons (Fsp3) is 0.500. The SMILES string of the molecule is O=C(O)CCCCCCNC(=O)c1cccc(NC(=O)NC2CC2)c1. The van der Waals surface area contributed by atoms with Crippen LogP contribution in [-0.2, 0) is 4.79 Å². The van der Waals surface area contributed by atoms with Crippen molar-refractivity contribution in [3.63, 3.8) is 0 Å². The topological polar surface area (TPSA) is 108 Å². The lowest BCUT2D eigenvalue weighted by Crippen LogP contribution is -2.30. The summed E-state index contributed by atoms with van der Waals surface area (Å²) in [6.45, 7) is 0.547. The Labute approximate surface area is 147 Å². The zero-order chi connectivity index (χ0) is 18.1. The van der Waals surface area contributed by atoms with E-state index in [0.717, 1.165) is 32.1 Å². The van der Waals surface area contributed by atoms with Crippen molar-refractivity contribution in [2.75, 3.05) is 11.9 Å². The van der Waals surface area contributed by atoms with E-state index in [4.69, 9.17) is 5.11 Å². The third kappa shape index (κ3) is 7.69. The number of carboxylic acids is 1. The second-order valence-electron chi connectivity index (χ2n) is 6.27. The molecule has 1 aromatic rings. The molecule has 1 saturated carbocycles. The lowest BCUT2D eigenvalue weighted by atomic mass is 10.1. The number of hydrogen-bond acceptors (Lipinski definition) is 3. The Hall–Kier alpha value is -2.57. The fourth-order valence-corrected chi connectivity index (χ4v) is 2.38. The minimum atomic E-state index is -0.771. The Balaban J connectivity index is 1.67. The van der Waals surface area contributed by atoms with Gasteiger partial charge in [-0.3, -0.25) is 9.59 Å². The highest BCUT2D eigenvalue weighted by Crippen LogP contribution is 2.19. The molecule has 0 bridgehead atoms. The Bertz CT molecular complexity index is 614. The normalized spacial score (nSPS) is 13.1. The minimum Gasteiger partial charge on any atom is -0.481 e. The quantitative estimate of drug-likeness (QED) is 0.488. The molecule has 136 valence electrons. The van der Waals surface area contributed by atoms with Gasteiger partial charge >= 0.3 is 12.0 Å². The van der Waals surface area contributed by atoms with Crippen molar-refractivity contribution in [3.8, 4) is 0 Å². The van der Waals surface area contributed by atoms with Crippen LogP contribution in [-0.4, -0.2) is 35.6 Å². The van der Waals surface area contributed by atoms with Crippen LogP contribution < -0.4 is 16.0 Å². The molecule has 0 unspecified atom stereocenters. The average molecular weight is 347 g/mol. The molecule has 0 aliphatic heterocycles. The van der Waals surface area contributed by atoms with Gasteiger partial charge in [-0.2, -0.15) is 0 Å². The predicted molar refractivity (Wildman–Crippen MR) is 94.7 cm³/mol. The number of carbonyl (C=O) groups excluding carboxylic acids is 2. The first-order chi connectivity index (χ1) is 12.0. The van der Waals surface area contributed by atoms with Gasteiger partial charge in [-0.05, 0) is 43.9 Å². The van der Waals surface area contributed by atoms with Gasteiger partial charge in [-0.15, -0.1) is 0 Å². The molecule has 1 fully saturated rings. The molecule has 0 heterocycles. The molecule has 3 amide bonds. The van der Waals surface area contributed by atoms with Gasteiger partial charge in [0, 0.05) is 30.3 Å². The number of carbonyl (C=O) groups is 3. The first-order valence-electron chi connectivity index (χ1n) is 8.72. The van der Waals surface area contributed by atoms with E-state index >= 15 is 0 Å². The monoisotopic (exact) mass is 347 g/mol. The highest BCUT2D eigenvalue weighted by atomic mass is 16.4. The van der Waals surface area contributed by atoms with Gasteiger partial charge in [0.15, 0.2) is 0 Å². The molecule has 0 atom stereocenters. The molecule has 4 N–H and O–H groups in total. The number of urea groups is 1. The van der Waals surface area contributed by atoms with Crippen LogP contribution in [0.1, 0.15) is 55.3 Å².